The minimum absolute atomic E-state index is 0.112. The van der Waals surface area contributed by atoms with Crippen LogP contribution in [0, 0.1) is 0 Å². The van der Waals surface area contributed by atoms with Gasteiger partial charge in [0.25, 0.3) is 0 Å². The van der Waals surface area contributed by atoms with E-state index in [-0.39, 0.29) is 6.10 Å². The zero-order valence-electron chi connectivity index (χ0n) is 15.1. The Morgan fingerprint density at radius 3 is 2.46 bits per heavy atom. The van der Waals surface area contributed by atoms with Crippen LogP contribution in [0.5, 0.6) is 5.75 Å². The Labute approximate surface area is 145 Å². The number of hydrogen-bond acceptors (Lipinski definition) is 4. The van der Waals surface area contributed by atoms with Crippen LogP contribution >= 0.6 is 0 Å². The molecule has 1 N–H and O–H groups in total. The van der Waals surface area contributed by atoms with Crippen LogP contribution in [0.15, 0.2) is 24.3 Å². The van der Waals surface area contributed by atoms with Crippen molar-refractivity contribution in [3.8, 4) is 5.75 Å². The van der Waals surface area contributed by atoms with Crippen LogP contribution in [-0.4, -0.2) is 59.7 Å². The van der Waals surface area contributed by atoms with Crippen molar-refractivity contribution in [1.29, 1.82) is 0 Å². The second-order valence-electron chi connectivity index (χ2n) is 6.71. The Balaban J connectivity index is 2.10. The van der Waals surface area contributed by atoms with Gasteiger partial charge in [-0.15, -0.1) is 0 Å². The molecule has 1 aromatic rings. The molecule has 0 aliphatic carbocycles. The molecule has 1 aliphatic heterocycles. The van der Waals surface area contributed by atoms with Gasteiger partial charge in [0.1, 0.15) is 11.8 Å². The maximum Gasteiger partial charge on any atom is 0.325 e. The van der Waals surface area contributed by atoms with Gasteiger partial charge in [-0.3, -0.25) is 9.69 Å². The molecule has 0 bridgehead atoms. The third kappa shape index (κ3) is 5.21. The Morgan fingerprint density at radius 2 is 1.88 bits per heavy atom. The summed E-state index contributed by atoms with van der Waals surface area (Å²) in [7, 11) is 0. The van der Waals surface area contributed by atoms with Gasteiger partial charge < -0.3 is 14.7 Å². The largest absolute Gasteiger partial charge is 0.491 e. The number of ether oxygens (including phenoxy) is 1. The highest BCUT2D eigenvalue weighted by Gasteiger charge is 2.28. The lowest BCUT2D eigenvalue weighted by Crippen LogP contribution is -2.37. The first-order valence-electron chi connectivity index (χ1n) is 8.97. The molecule has 0 saturated carbocycles. The fourth-order valence-electron chi connectivity index (χ4n) is 3.30. The summed E-state index contributed by atoms with van der Waals surface area (Å²) in [6.07, 6.45) is 2.26. The molecule has 5 nitrogen and oxygen atoms in total. The third-order valence-electron chi connectivity index (χ3n) is 4.33. The smallest absolute Gasteiger partial charge is 0.325 e. The van der Waals surface area contributed by atoms with E-state index >= 15 is 0 Å². The monoisotopic (exact) mass is 334 g/mol. The van der Waals surface area contributed by atoms with Crippen molar-refractivity contribution < 1.29 is 14.6 Å². The standard InChI is InChI=1S/C19H30N2O3/c1-4-10-20-11-5-12-21(14-13-20)18(19(22)23)16-6-8-17(9-7-16)24-15(2)3/h6-9,15,18H,4-5,10-14H2,1-3H3,(H,22,23). The summed E-state index contributed by atoms with van der Waals surface area (Å²) in [5, 5.41) is 9.77. The summed E-state index contributed by atoms with van der Waals surface area (Å²) in [4.78, 5) is 16.4. The number of carboxylic acid groups (broad SMARTS) is 1. The van der Waals surface area contributed by atoms with Crippen LogP contribution in [0.2, 0.25) is 0 Å². The minimum Gasteiger partial charge on any atom is -0.491 e. The number of rotatable bonds is 7. The van der Waals surface area contributed by atoms with Crippen LogP contribution in [0.4, 0.5) is 0 Å². The van der Waals surface area contributed by atoms with E-state index in [0.717, 1.165) is 56.9 Å². The highest BCUT2D eigenvalue weighted by atomic mass is 16.5. The zero-order valence-corrected chi connectivity index (χ0v) is 15.1. The van der Waals surface area contributed by atoms with E-state index in [2.05, 4.69) is 16.7 Å². The van der Waals surface area contributed by atoms with Crippen molar-refractivity contribution in [1.82, 2.24) is 9.80 Å². The maximum absolute atomic E-state index is 11.9. The Kier molecular flexibility index (Phi) is 7.06. The summed E-state index contributed by atoms with van der Waals surface area (Å²) >= 11 is 0. The van der Waals surface area contributed by atoms with E-state index in [0.29, 0.717) is 0 Å². The van der Waals surface area contributed by atoms with Crippen LogP contribution in [-0.2, 0) is 4.79 Å². The Hall–Kier alpha value is -1.59. The van der Waals surface area contributed by atoms with Gasteiger partial charge in [-0.1, -0.05) is 19.1 Å². The molecule has 1 heterocycles. The van der Waals surface area contributed by atoms with Gasteiger partial charge in [-0.2, -0.15) is 0 Å². The number of carboxylic acids is 1. The summed E-state index contributed by atoms with van der Waals surface area (Å²) in [6, 6.07) is 6.91. The minimum atomic E-state index is -0.781. The highest BCUT2D eigenvalue weighted by Crippen LogP contribution is 2.25. The van der Waals surface area contributed by atoms with E-state index in [9.17, 15) is 9.90 Å². The van der Waals surface area contributed by atoms with Crippen LogP contribution in [0.3, 0.4) is 0 Å². The molecule has 2 rings (SSSR count). The Morgan fingerprint density at radius 1 is 1.17 bits per heavy atom. The molecule has 5 heteroatoms. The predicted octanol–water partition coefficient (Wildman–Crippen LogP) is 3.02. The molecule has 134 valence electrons. The molecule has 1 unspecified atom stereocenters. The van der Waals surface area contributed by atoms with Crippen LogP contribution in [0.25, 0.3) is 0 Å². The summed E-state index contributed by atoms with van der Waals surface area (Å²) in [5.41, 5.74) is 0.822. The molecular formula is C19H30N2O3. The van der Waals surface area contributed by atoms with Crippen molar-refractivity contribution in [2.24, 2.45) is 0 Å². The average Bonchev–Trinajstić information content (AvgIpc) is 2.75. The lowest BCUT2D eigenvalue weighted by atomic mass is 10.0. The predicted molar refractivity (Wildman–Crippen MR) is 95.5 cm³/mol. The molecule has 1 saturated heterocycles. The third-order valence-corrected chi connectivity index (χ3v) is 4.33. The SMILES string of the molecule is CCCN1CCCN(C(C(=O)O)c2ccc(OC(C)C)cc2)CC1. The van der Waals surface area contributed by atoms with E-state index < -0.39 is 12.0 Å². The number of aliphatic carboxylic acids is 1. The molecule has 0 aromatic heterocycles. The van der Waals surface area contributed by atoms with Crippen LogP contribution in [0.1, 0.15) is 45.2 Å². The second-order valence-corrected chi connectivity index (χ2v) is 6.71. The molecule has 1 aromatic carbocycles. The first-order chi connectivity index (χ1) is 11.5. The summed E-state index contributed by atoms with van der Waals surface area (Å²) in [5.74, 6) is -0.000606. The topological polar surface area (TPSA) is 53.0 Å². The molecule has 1 aliphatic rings. The van der Waals surface area contributed by atoms with Crippen LogP contribution < -0.4 is 4.74 Å². The fraction of sp³-hybridized carbons (Fsp3) is 0.632. The van der Waals surface area contributed by atoms with E-state index in [4.69, 9.17) is 4.74 Å². The quantitative estimate of drug-likeness (QED) is 0.831. The lowest BCUT2D eigenvalue weighted by Gasteiger charge is -2.28. The first kappa shape index (κ1) is 18.7. The van der Waals surface area contributed by atoms with Gasteiger partial charge in [0.05, 0.1) is 6.10 Å². The van der Waals surface area contributed by atoms with Gasteiger partial charge in [0.15, 0.2) is 0 Å². The van der Waals surface area contributed by atoms with E-state index in [1.54, 1.807) is 0 Å². The van der Waals surface area contributed by atoms with Gasteiger partial charge in [0, 0.05) is 19.6 Å². The van der Waals surface area contributed by atoms with Crippen molar-refractivity contribution in [3.63, 3.8) is 0 Å². The average molecular weight is 334 g/mol. The number of nitrogens with zero attached hydrogens (tertiary/aromatic N) is 2. The van der Waals surface area contributed by atoms with Gasteiger partial charge >= 0.3 is 5.97 Å². The number of carbonyl (C=O) groups is 1. The molecule has 24 heavy (non-hydrogen) atoms. The normalized spacial score (nSPS) is 18.3. The molecular weight excluding hydrogens is 304 g/mol. The maximum atomic E-state index is 11.9. The molecule has 0 radical (unpaired) electrons. The van der Waals surface area contributed by atoms with E-state index in [1.807, 2.05) is 38.1 Å². The molecule has 0 amide bonds. The summed E-state index contributed by atoms with van der Waals surface area (Å²) in [6.45, 7) is 10.8. The highest BCUT2D eigenvalue weighted by molar-refractivity contribution is 5.75. The Bertz CT molecular complexity index is 516. The van der Waals surface area contributed by atoms with Crippen molar-refractivity contribution >= 4 is 5.97 Å². The fourth-order valence-corrected chi connectivity index (χ4v) is 3.30. The van der Waals surface area contributed by atoms with Crippen molar-refractivity contribution in [2.45, 2.75) is 45.8 Å². The number of hydrogen-bond donors (Lipinski definition) is 1. The molecule has 1 atom stereocenters. The number of benzene rings is 1. The van der Waals surface area contributed by atoms with E-state index in [1.165, 1.54) is 0 Å². The van der Waals surface area contributed by atoms with Gasteiger partial charge in [-0.25, -0.2) is 0 Å². The van der Waals surface area contributed by atoms with Gasteiger partial charge in [-0.05, 0) is 57.5 Å². The summed E-state index contributed by atoms with van der Waals surface area (Å²) < 4.78 is 5.65. The van der Waals surface area contributed by atoms with Gasteiger partial charge in [0.2, 0.25) is 0 Å². The molecule has 0 spiro atoms. The van der Waals surface area contributed by atoms with Crippen molar-refractivity contribution in [3.05, 3.63) is 29.8 Å². The van der Waals surface area contributed by atoms with Crippen molar-refractivity contribution in [2.75, 3.05) is 32.7 Å². The second kappa shape index (κ2) is 9.04. The zero-order chi connectivity index (χ0) is 17.5. The molecule has 1 fully saturated rings. The first-order valence-corrected chi connectivity index (χ1v) is 8.97. The lowest BCUT2D eigenvalue weighted by molar-refractivity contribution is -0.143.